The molecule has 1 saturated heterocycles. The number of likely N-dealkylation sites (tertiary alicyclic amines) is 1. The average Bonchev–Trinajstić information content (AvgIpc) is 3.79. The highest BCUT2D eigenvalue weighted by Crippen LogP contribution is 2.41. The first-order chi connectivity index (χ1) is 31.5. The molecule has 1 aromatic heterocycles. The number of fused-ring (bicyclic) bond motifs is 2. The number of pyridine rings is 1. The van der Waals surface area contributed by atoms with Crippen LogP contribution in [0, 0.1) is 19.8 Å². The fourth-order valence-corrected chi connectivity index (χ4v) is 8.84. The van der Waals surface area contributed by atoms with Crippen LogP contribution < -0.4 is 19.5 Å². The van der Waals surface area contributed by atoms with Gasteiger partial charge in [-0.2, -0.15) is 0 Å². The molecular weight excluding hydrogens is 883 g/mol. The number of aliphatic carboxylic acids is 1. The molecular formula is C51H52Cl2N4O9. The van der Waals surface area contributed by atoms with E-state index in [1.54, 1.807) is 39.1 Å². The fraction of sp³-hybridized carbons (Fsp3) is 0.353. The third kappa shape index (κ3) is 10.5. The first kappa shape index (κ1) is 46.2. The minimum Gasteiger partial charge on any atom is -0.489 e. The lowest BCUT2D eigenvalue weighted by molar-refractivity contribution is -0.147. The van der Waals surface area contributed by atoms with Crippen molar-refractivity contribution in [2.45, 2.75) is 90.8 Å². The summed E-state index contributed by atoms with van der Waals surface area (Å²) in [4.78, 5) is 62.1. The van der Waals surface area contributed by atoms with Crippen LogP contribution in [0.1, 0.15) is 72.4 Å². The third-order valence-electron chi connectivity index (χ3n) is 12.2. The zero-order chi connectivity index (χ0) is 46.9. The molecule has 3 amide bonds. The second-order valence-corrected chi connectivity index (χ2v) is 18.9. The molecule has 0 saturated carbocycles. The minimum atomic E-state index is -1.28. The zero-order valence-corrected chi connectivity index (χ0v) is 38.9. The summed E-state index contributed by atoms with van der Waals surface area (Å²) in [6, 6.07) is 23.8. The molecule has 4 aromatic carbocycles. The summed E-state index contributed by atoms with van der Waals surface area (Å²) in [6.07, 6.45) is 1.31. The van der Waals surface area contributed by atoms with Gasteiger partial charge in [0.15, 0.2) is 17.6 Å². The minimum absolute atomic E-state index is 0.0226. The molecule has 3 aliphatic rings. The number of rotatable bonds is 11. The van der Waals surface area contributed by atoms with Gasteiger partial charge in [0.05, 0.1) is 16.0 Å². The summed E-state index contributed by atoms with van der Waals surface area (Å²) in [5, 5.41) is 14.1. The maximum Gasteiger partial charge on any atom is 0.410 e. The number of amides is 3. The number of carbonyl (C=O) groups is 4. The van der Waals surface area contributed by atoms with Crippen LogP contribution in [0.15, 0.2) is 91.1 Å². The standard InChI is InChI=1S/C51H52Cl2N4O9/c1-29-30(2)54-18-16-39(29)33-9-6-31(7-10-33)21-42(49(60)61)55-47(58)43-22-36-23-44-45(24-37(36)26-57(43)48(59)35-17-19-56(25-35)50(62)66-51(3,4)5)65-46(28-64-44)34-11-13-38(14-12-34)63-27-32-8-15-40(52)41(53)20-32/h6-16,18,20,23-24,35,42-43,46H,17,19,21-22,25-28H2,1-5H3,(H,55,58)(H,60,61)/t35-,42-,43-,46+/m0/s1. The van der Waals surface area contributed by atoms with Crippen molar-refractivity contribution >= 4 is 47.1 Å². The molecule has 0 bridgehead atoms. The van der Waals surface area contributed by atoms with Crippen molar-refractivity contribution in [2.75, 3.05) is 19.7 Å². The van der Waals surface area contributed by atoms with Crippen molar-refractivity contribution in [1.29, 1.82) is 0 Å². The van der Waals surface area contributed by atoms with Gasteiger partial charge in [0.2, 0.25) is 11.8 Å². The Hall–Kier alpha value is -6.31. The summed E-state index contributed by atoms with van der Waals surface area (Å²) < 4.78 is 24.3. The van der Waals surface area contributed by atoms with Gasteiger partial charge in [0.25, 0.3) is 0 Å². The predicted molar refractivity (Wildman–Crippen MR) is 249 cm³/mol. The second-order valence-electron chi connectivity index (χ2n) is 18.1. The number of hydrogen-bond acceptors (Lipinski definition) is 9. The van der Waals surface area contributed by atoms with E-state index >= 15 is 0 Å². The van der Waals surface area contributed by atoms with E-state index in [1.165, 1.54) is 9.80 Å². The molecule has 0 spiro atoms. The Bertz CT molecular complexity index is 2650. The van der Waals surface area contributed by atoms with Gasteiger partial charge < -0.3 is 39.2 Å². The molecule has 3 aliphatic heterocycles. The molecule has 66 heavy (non-hydrogen) atoms. The zero-order valence-electron chi connectivity index (χ0n) is 37.4. The van der Waals surface area contributed by atoms with Crippen LogP contribution in [0.25, 0.3) is 11.1 Å². The van der Waals surface area contributed by atoms with Gasteiger partial charge in [-0.05, 0) is 128 Å². The number of hydrogen-bond donors (Lipinski definition) is 2. The molecule has 15 heteroatoms. The summed E-state index contributed by atoms with van der Waals surface area (Å²) in [5.41, 5.74) is 7.27. The lowest BCUT2D eigenvalue weighted by atomic mass is 9.90. The molecule has 344 valence electrons. The topological polar surface area (TPSA) is 157 Å². The predicted octanol–water partition coefficient (Wildman–Crippen LogP) is 9.09. The van der Waals surface area contributed by atoms with Crippen molar-refractivity contribution in [1.82, 2.24) is 20.1 Å². The Labute approximate surface area is 393 Å². The molecule has 1 fully saturated rings. The first-order valence-corrected chi connectivity index (χ1v) is 22.7. The normalized spacial score (nSPS) is 18.3. The number of aryl methyl sites for hydroxylation is 1. The smallest absolute Gasteiger partial charge is 0.410 e. The maximum atomic E-state index is 14.6. The first-order valence-electron chi connectivity index (χ1n) is 21.9. The van der Waals surface area contributed by atoms with E-state index in [2.05, 4.69) is 10.3 Å². The molecule has 4 heterocycles. The van der Waals surface area contributed by atoms with E-state index in [4.69, 9.17) is 42.1 Å². The van der Waals surface area contributed by atoms with Gasteiger partial charge in [-0.3, -0.25) is 14.6 Å². The van der Waals surface area contributed by atoms with E-state index < -0.39 is 47.7 Å². The van der Waals surface area contributed by atoms with Crippen LogP contribution in [-0.2, 0) is 45.1 Å². The van der Waals surface area contributed by atoms with Crippen LogP contribution >= 0.6 is 23.2 Å². The van der Waals surface area contributed by atoms with Crippen LogP contribution in [-0.4, -0.2) is 81.1 Å². The van der Waals surface area contributed by atoms with Gasteiger partial charge in [-0.1, -0.05) is 65.7 Å². The number of halogens is 2. The number of carboxylic acid groups (broad SMARTS) is 1. The third-order valence-corrected chi connectivity index (χ3v) is 13.0. The average molecular weight is 936 g/mol. The molecule has 8 rings (SSSR count). The number of nitrogens with one attached hydrogen (secondary N) is 1. The van der Waals surface area contributed by atoms with E-state index in [9.17, 15) is 24.3 Å². The maximum absolute atomic E-state index is 14.6. The summed E-state index contributed by atoms with van der Waals surface area (Å²) >= 11 is 12.2. The summed E-state index contributed by atoms with van der Waals surface area (Å²) in [7, 11) is 0. The molecule has 0 unspecified atom stereocenters. The van der Waals surface area contributed by atoms with Gasteiger partial charge >= 0.3 is 12.1 Å². The SMILES string of the molecule is Cc1nccc(-c2ccc(C[C@H](NC(=O)[C@@H]3Cc4cc5c(cc4CN3C(=O)[C@H]3CCN(C(=O)OC(C)(C)C)C3)O[C@@H](c3ccc(OCc4ccc(Cl)c(Cl)c4)cc3)CO5)C(=O)O)cc2)c1C. The molecule has 2 N–H and O–H groups in total. The Balaban J connectivity index is 0.995. The van der Waals surface area contributed by atoms with Crippen LogP contribution in [0.5, 0.6) is 17.2 Å². The number of ether oxygens (including phenoxy) is 4. The number of benzene rings is 4. The lowest BCUT2D eigenvalue weighted by Gasteiger charge is -2.38. The molecule has 0 aliphatic carbocycles. The Morgan fingerprint density at radius 3 is 2.35 bits per heavy atom. The molecule has 13 nitrogen and oxygen atoms in total. The number of aromatic nitrogens is 1. The molecule has 5 aromatic rings. The number of carbonyl (C=O) groups excluding carboxylic acids is 3. The van der Waals surface area contributed by atoms with Gasteiger partial charge in [-0.15, -0.1) is 0 Å². The van der Waals surface area contributed by atoms with E-state index in [0.29, 0.717) is 46.9 Å². The largest absolute Gasteiger partial charge is 0.489 e. The summed E-state index contributed by atoms with van der Waals surface area (Å²) in [5.74, 6) is -1.07. The van der Waals surface area contributed by atoms with Crippen molar-refractivity contribution in [3.05, 3.63) is 140 Å². The number of carboxylic acids is 1. The molecule has 0 radical (unpaired) electrons. The quantitative estimate of drug-likeness (QED) is 0.131. The van der Waals surface area contributed by atoms with Crippen molar-refractivity contribution in [2.24, 2.45) is 5.92 Å². The Morgan fingerprint density at radius 2 is 1.64 bits per heavy atom. The lowest BCUT2D eigenvalue weighted by Crippen LogP contribution is -2.57. The Morgan fingerprint density at radius 1 is 0.909 bits per heavy atom. The molecule has 4 atom stereocenters. The van der Waals surface area contributed by atoms with Crippen LogP contribution in [0.4, 0.5) is 4.79 Å². The van der Waals surface area contributed by atoms with Crippen molar-refractivity contribution in [3.63, 3.8) is 0 Å². The number of nitrogens with zero attached hydrogens (tertiary/aromatic N) is 3. The van der Waals surface area contributed by atoms with E-state index in [0.717, 1.165) is 50.2 Å². The summed E-state index contributed by atoms with van der Waals surface area (Å²) in [6.45, 7) is 10.3. The van der Waals surface area contributed by atoms with Gasteiger partial charge in [0.1, 0.15) is 36.6 Å². The monoisotopic (exact) mass is 934 g/mol. The highest BCUT2D eigenvalue weighted by Gasteiger charge is 2.42. The van der Waals surface area contributed by atoms with E-state index in [1.807, 2.05) is 86.6 Å². The second kappa shape index (κ2) is 19.3. The van der Waals surface area contributed by atoms with Crippen LogP contribution in [0.2, 0.25) is 10.0 Å². The van der Waals surface area contributed by atoms with E-state index in [-0.39, 0.29) is 38.4 Å². The van der Waals surface area contributed by atoms with Gasteiger partial charge in [0, 0.05) is 44.4 Å². The highest BCUT2D eigenvalue weighted by molar-refractivity contribution is 6.42. The Kier molecular flexibility index (Phi) is 13.5. The van der Waals surface area contributed by atoms with Crippen LogP contribution in [0.3, 0.4) is 0 Å². The van der Waals surface area contributed by atoms with Crippen molar-refractivity contribution in [3.8, 4) is 28.4 Å². The highest BCUT2D eigenvalue weighted by atomic mass is 35.5. The van der Waals surface area contributed by atoms with Gasteiger partial charge in [-0.25, -0.2) is 9.59 Å². The van der Waals surface area contributed by atoms with Crippen molar-refractivity contribution < 1.29 is 43.2 Å². The fourth-order valence-electron chi connectivity index (χ4n) is 8.52.